The molecule has 1 atom stereocenters. The van der Waals surface area contributed by atoms with Crippen molar-refractivity contribution in [1.82, 2.24) is 10.6 Å². The lowest BCUT2D eigenvalue weighted by molar-refractivity contribution is 0.0470. The fourth-order valence-electron chi connectivity index (χ4n) is 3.09. The summed E-state index contributed by atoms with van der Waals surface area (Å²) in [4.78, 5) is 24.3. The van der Waals surface area contributed by atoms with Crippen molar-refractivity contribution in [3.05, 3.63) is 71.3 Å². The Labute approximate surface area is 185 Å². The van der Waals surface area contributed by atoms with Crippen LogP contribution < -0.4 is 10.6 Å². The number of carbonyl (C=O) groups is 2. The lowest BCUT2D eigenvalue weighted by atomic mass is 9.92. The lowest BCUT2D eigenvalue weighted by Gasteiger charge is -2.29. The van der Waals surface area contributed by atoms with E-state index in [1.54, 1.807) is 0 Å². The lowest BCUT2D eigenvalue weighted by Crippen LogP contribution is -2.43. The number of hydrogen-bond donors (Lipinski definition) is 2. The molecule has 0 saturated carbocycles. The van der Waals surface area contributed by atoms with Gasteiger partial charge in [0.2, 0.25) is 0 Å². The quantitative estimate of drug-likeness (QED) is 0.629. The third-order valence-electron chi connectivity index (χ3n) is 4.58. The van der Waals surface area contributed by atoms with Gasteiger partial charge in [-0.05, 0) is 64.7 Å². The van der Waals surface area contributed by atoms with Crippen LogP contribution in [0.3, 0.4) is 0 Å². The van der Waals surface area contributed by atoms with E-state index in [-0.39, 0.29) is 12.6 Å². The van der Waals surface area contributed by atoms with E-state index in [1.807, 2.05) is 96.1 Å². The predicted molar refractivity (Wildman–Crippen MR) is 122 cm³/mol. The van der Waals surface area contributed by atoms with Crippen molar-refractivity contribution in [2.45, 2.75) is 71.8 Å². The molecule has 0 radical (unpaired) electrons. The van der Waals surface area contributed by atoms with Gasteiger partial charge in [0.25, 0.3) is 0 Å². The summed E-state index contributed by atoms with van der Waals surface area (Å²) in [6.45, 7) is 11.5. The second-order valence-corrected chi connectivity index (χ2v) is 9.26. The Hall–Kier alpha value is -3.02. The van der Waals surface area contributed by atoms with Crippen molar-refractivity contribution in [2.75, 3.05) is 0 Å². The van der Waals surface area contributed by atoms with Gasteiger partial charge in [-0.25, -0.2) is 9.59 Å². The molecule has 0 spiro atoms. The fourth-order valence-corrected chi connectivity index (χ4v) is 3.09. The van der Waals surface area contributed by atoms with Crippen molar-refractivity contribution in [1.29, 1.82) is 0 Å². The van der Waals surface area contributed by atoms with E-state index in [1.165, 1.54) is 0 Å². The highest BCUT2D eigenvalue weighted by Gasteiger charge is 2.26. The monoisotopic (exact) mass is 426 g/mol. The third-order valence-corrected chi connectivity index (χ3v) is 4.58. The van der Waals surface area contributed by atoms with Crippen LogP contribution >= 0.6 is 0 Å². The molecule has 2 N–H and O–H groups in total. The van der Waals surface area contributed by atoms with E-state index in [2.05, 4.69) is 10.6 Å². The van der Waals surface area contributed by atoms with Crippen LogP contribution in [-0.2, 0) is 28.0 Å². The number of amides is 2. The van der Waals surface area contributed by atoms with E-state index in [9.17, 15) is 9.59 Å². The number of hydrogen-bond acceptors (Lipinski definition) is 4. The highest BCUT2D eigenvalue weighted by molar-refractivity contribution is 5.69. The summed E-state index contributed by atoms with van der Waals surface area (Å²) in [5, 5.41) is 5.79. The highest BCUT2D eigenvalue weighted by Crippen LogP contribution is 2.22. The maximum absolute atomic E-state index is 12.2. The average molecular weight is 427 g/mol. The molecule has 0 aromatic heterocycles. The van der Waals surface area contributed by atoms with Gasteiger partial charge in [-0.15, -0.1) is 0 Å². The minimum Gasteiger partial charge on any atom is -0.445 e. The van der Waals surface area contributed by atoms with E-state index < -0.39 is 23.3 Å². The number of benzene rings is 2. The third kappa shape index (κ3) is 8.70. The van der Waals surface area contributed by atoms with Gasteiger partial charge in [-0.3, -0.25) is 0 Å². The minimum absolute atomic E-state index is 0.111. The zero-order valence-corrected chi connectivity index (χ0v) is 19.3. The number of rotatable bonds is 7. The summed E-state index contributed by atoms with van der Waals surface area (Å²) in [5.41, 5.74) is 1.78. The summed E-state index contributed by atoms with van der Waals surface area (Å²) in [6.07, 6.45) is -0.268. The zero-order valence-electron chi connectivity index (χ0n) is 19.3. The van der Waals surface area contributed by atoms with Crippen molar-refractivity contribution < 1.29 is 19.1 Å². The topological polar surface area (TPSA) is 76.7 Å². The SMILES string of the molecule is CC(Cc1cccc(C(C)(C)NC(=O)OC(C)(C)C)c1)NC(=O)OCc1ccccc1. The molecule has 6 nitrogen and oxygen atoms in total. The molecule has 0 fully saturated rings. The largest absolute Gasteiger partial charge is 0.445 e. The van der Waals surface area contributed by atoms with E-state index in [4.69, 9.17) is 9.47 Å². The zero-order chi connectivity index (χ0) is 23.1. The Balaban J connectivity index is 1.91. The first-order chi connectivity index (χ1) is 14.4. The first kappa shape index (κ1) is 24.3. The van der Waals surface area contributed by atoms with Crippen LogP contribution in [0.2, 0.25) is 0 Å². The molecule has 168 valence electrons. The van der Waals surface area contributed by atoms with E-state index in [0.29, 0.717) is 6.42 Å². The normalized spacial score (nSPS) is 12.6. The molecule has 2 rings (SSSR count). The van der Waals surface area contributed by atoms with Crippen LogP contribution in [0.15, 0.2) is 54.6 Å². The Kier molecular flexibility index (Phi) is 8.08. The van der Waals surface area contributed by atoms with Crippen LogP contribution in [0.5, 0.6) is 0 Å². The molecule has 31 heavy (non-hydrogen) atoms. The number of ether oxygens (including phenoxy) is 2. The van der Waals surface area contributed by atoms with Crippen molar-refractivity contribution >= 4 is 12.2 Å². The second-order valence-electron chi connectivity index (χ2n) is 9.26. The average Bonchev–Trinajstić information content (AvgIpc) is 2.65. The molecule has 0 aliphatic carbocycles. The first-order valence-corrected chi connectivity index (χ1v) is 10.5. The van der Waals surface area contributed by atoms with Crippen molar-refractivity contribution in [3.63, 3.8) is 0 Å². The number of alkyl carbamates (subject to hydrolysis) is 2. The fraction of sp³-hybridized carbons (Fsp3) is 0.440. The summed E-state index contributed by atoms with van der Waals surface area (Å²) in [5.74, 6) is 0. The van der Waals surface area contributed by atoms with Gasteiger partial charge >= 0.3 is 12.2 Å². The maximum Gasteiger partial charge on any atom is 0.408 e. The molecule has 0 aliphatic heterocycles. The molecule has 1 unspecified atom stereocenters. The smallest absolute Gasteiger partial charge is 0.408 e. The Bertz CT molecular complexity index is 873. The molecule has 0 saturated heterocycles. The Morgan fingerprint density at radius 2 is 1.55 bits per heavy atom. The molecule has 6 heteroatoms. The summed E-state index contributed by atoms with van der Waals surface area (Å²) >= 11 is 0. The van der Waals surface area contributed by atoms with Crippen molar-refractivity contribution in [3.8, 4) is 0 Å². The van der Waals surface area contributed by atoms with Crippen LogP contribution in [0.4, 0.5) is 9.59 Å². The van der Waals surface area contributed by atoms with Gasteiger partial charge in [0, 0.05) is 6.04 Å². The molecular weight excluding hydrogens is 392 g/mol. The van der Waals surface area contributed by atoms with Gasteiger partial charge in [-0.1, -0.05) is 54.6 Å². The van der Waals surface area contributed by atoms with Crippen LogP contribution in [-0.4, -0.2) is 23.8 Å². The van der Waals surface area contributed by atoms with Gasteiger partial charge < -0.3 is 20.1 Å². The maximum atomic E-state index is 12.2. The van der Waals surface area contributed by atoms with Crippen LogP contribution in [0, 0.1) is 0 Å². The van der Waals surface area contributed by atoms with Gasteiger partial charge in [0.1, 0.15) is 12.2 Å². The molecule has 2 aromatic rings. The van der Waals surface area contributed by atoms with Gasteiger partial charge in [0.15, 0.2) is 0 Å². The Morgan fingerprint density at radius 3 is 2.19 bits per heavy atom. The molecular formula is C25H34N2O4. The standard InChI is InChI=1S/C25H34N2O4/c1-18(26-22(28)30-17-19-11-8-7-9-12-19)15-20-13-10-14-21(16-20)25(5,6)27-23(29)31-24(2,3)4/h7-14,16,18H,15,17H2,1-6H3,(H,26,28)(H,27,29). The van der Waals surface area contributed by atoms with Gasteiger partial charge in [-0.2, -0.15) is 0 Å². The Morgan fingerprint density at radius 1 is 0.903 bits per heavy atom. The molecule has 2 amide bonds. The van der Waals surface area contributed by atoms with E-state index in [0.717, 1.165) is 16.7 Å². The summed E-state index contributed by atoms with van der Waals surface area (Å²) in [7, 11) is 0. The predicted octanol–water partition coefficient (Wildman–Crippen LogP) is 5.30. The summed E-state index contributed by atoms with van der Waals surface area (Å²) < 4.78 is 10.7. The molecule has 0 aliphatic rings. The van der Waals surface area contributed by atoms with Crippen molar-refractivity contribution in [2.24, 2.45) is 0 Å². The highest BCUT2D eigenvalue weighted by atomic mass is 16.6. The first-order valence-electron chi connectivity index (χ1n) is 10.5. The second kappa shape index (κ2) is 10.3. The van der Waals surface area contributed by atoms with E-state index >= 15 is 0 Å². The minimum atomic E-state index is -0.608. The van der Waals surface area contributed by atoms with Gasteiger partial charge in [0.05, 0.1) is 5.54 Å². The number of carbonyl (C=O) groups excluding carboxylic acids is 2. The van der Waals surface area contributed by atoms with Crippen LogP contribution in [0.1, 0.15) is 58.2 Å². The summed E-state index contributed by atoms with van der Waals surface area (Å²) in [6, 6.07) is 17.4. The molecule has 0 heterocycles. The van der Waals surface area contributed by atoms with Crippen LogP contribution in [0.25, 0.3) is 0 Å². The molecule has 0 bridgehead atoms. The molecule has 2 aromatic carbocycles. The number of nitrogens with one attached hydrogen (secondary N) is 2.